The minimum atomic E-state index is -0.595. The van der Waals surface area contributed by atoms with E-state index in [4.69, 9.17) is 14.2 Å². The Kier molecular flexibility index (Phi) is 7.22. The fraction of sp³-hybridized carbons (Fsp3) is 0.200. The van der Waals surface area contributed by atoms with Crippen LogP contribution in [-0.2, 0) is 16.0 Å². The Bertz CT molecular complexity index is 991. The first kappa shape index (κ1) is 21.1. The fourth-order valence-electron chi connectivity index (χ4n) is 3.02. The van der Waals surface area contributed by atoms with Crippen molar-refractivity contribution < 1.29 is 23.8 Å². The van der Waals surface area contributed by atoms with Gasteiger partial charge in [-0.05, 0) is 42.7 Å². The Morgan fingerprint density at radius 1 is 0.800 bits per heavy atom. The van der Waals surface area contributed by atoms with Gasteiger partial charge in [-0.1, -0.05) is 60.7 Å². The Morgan fingerprint density at radius 2 is 1.47 bits per heavy atom. The first-order valence-electron chi connectivity index (χ1n) is 9.74. The van der Waals surface area contributed by atoms with E-state index in [1.54, 1.807) is 24.3 Å². The molecule has 0 aliphatic heterocycles. The Hall–Kier alpha value is -3.60. The highest BCUT2D eigenvalue weighted by Gasteiger charge is 2.17. The molecule has 0 fully saturated rings. The number of carbonyl (C=O) groups excluding carboxylic acids is 2. The molecule has 5 nitrogen and oxygen atoms in total. The molecule has 0 atom stereocenters. The number of esters is 2. The van der Waals surface area contributed by atoms with Crippen molar-refractivity contribution in [2.45, 2.75) is 20.3 Å². The summed E-state index contributed by atoms with van der Waals surface area (Å²) in [6.07, 6.45) is 0.609. The van der Waals surface area contributed by atoms with Crippen molar-refractivity contribution in [2.75, 3.05) is 13.2 Å². The summed E-state index contributed by atoms with van der Waals surface area (Å²) in [5.74, 6) is -0.326. The van der Waals surface area contributed by atoms with Gasteiger partial charge in [0.1, 0.15) is 17.1 Å². The minimum Gasteiger partial charge on any atom is -0.481 e. The molecule has 0 unspecified atom stereocenters. The number of benzene rings is 3. The van der Waals surface area contributed by atoms with E-state index in [-0.39, 0.29) is 24.5 Å². The van der Waals surface area contributed by atoms with Crippen LogP contribution in [0.5, 0.6) is 11.5 Å². The molecule has 0 aromatic heterocycles. The van der Waals surface area contributed by atoms with E-state index in [1.807, 2.05) is 62.4 Å². The van der Waals surface area contributed by atoms with Crippen molar-refractivity contribution in [3.05, 3.63) is 95.1 Å². The van der Waals surface area contributed by atoms with Gasteiger partial charge < -0.3 is 14.2 Å². The number of para-hydroxylation sites is 2. The lowest BCUT2D eigenvalue weighted by atomic mass is 10.1. The van der Waals surface area contributed by atoms with Gasteiger partial charge in [0.25, 0.3) is 0 Å². The molecule has 0 heterocycles. The highest BCUT2D eigenvalue weighted by molar-refractivity contribution is 5.93. The molecule has 0 N–H and O–H groups in total. The molecule has 3 aromatic rings. The summed E-state index contributed by atoms with van der Waals surface area (Å²) >= 11 is 0. The summed E-state index contributed by atoms with van der Waals surface area (Å²) in [4.78, 5) is 24.7. The molecule has 0 bridgehead atoms. The third-order valence-corrected chi connectivity index (χ3v) is 4.54. The largest absolute Gasteiger partial charge is 0.481 e. The maximum absolute atomic E-state index is 12.5. The van der Waals surface area contributed by atoms with Crippen LogP contribution in [0.3, 0.4) is 0 Å². The molecule has 3 rings (SSSR count). The van der Waals surface area contributed by atoms with Crippen molar-refractivity contribution in [3.63, 3.8) is 0 Å². The number of carbonyl (C=O) groups is 2. The topological polar surface area (TPSA) is 61.8 Å². The molecule has 0 aliphatic rings. The lowest BCUT2D eigenvalue weighted by molar-refractivity contribution is -0.136. The van der Waals surface area contributed by atoms with E-state index in [0.717, 1.165) is 16.7 Å². The normalized spacial score (nSPS) is 10.3. The van der Waals surface area contributed by atoms with E-state index in [0.29, 0.717) is 12.2 Å². The number of aryl methyl sites for hydroxylation is 2. The highest BCUT2D eigenvalue weighted by Crippen LogP contribution is 2.23. The number of hydrogen-bond acceptors (Lipinski definition) is 5. The van der Waals surface area contributed by atoms with Crippen LogP contribution in [-0.4, -0.2) is 25.2 Å². The first-order valence-corrected chi connectivity index (χ1v) is 9.74. The Balaban J connectivity index is 1.57. The second-order valence-electron chi connectivity index (χ2n) is 6.85. The molecule has 0 saturated carbocycles. The van der Waals surface area contributed by atoms with Gasteiger partial charge in [-0.3, -0.25) is 0 Å². The average Bonchev–Trinajstić information content (AvgIpc) is 2.74. The second-order valence-corrected chi connectivity index (χ2v) is 6.85. The molecule has 0 spiro atoms. The molecule has 30 heavy (non-hydrogen) atoms. The monoisotopic (exact) mass is 404 g/mol. The van der Waals surface area contributed by atoms with Gasteiger partial charge in [0.2, 0.25) is 0 Å². The average molecular weight is 404 g/mol. The molecule has 3 aromatic carbocycles. The van der Waals surface area contributed by atoms with Crippen LogP contribution in [0.25, 0.3) is 0 Å². The smallest absolute Gasteiger partial charge is 0.349 e. The maximum Gasteiger partial charge on any atom is 0.349 e. The van der Waals surface area contributed by atoms with Crippen LogP contribution in [0.1, 0.15) is 27.0 Å². The fourth-order valence-corrected chi connectivity index (χ4v) is 3.02. The van der Waals surface area contributed by atoms with E-state index in [2.05, 4.69) is 0 Å². The summed E-state index contributed by atoms with van der Waals surface area (Å²) in [5.41, 5.74) is 3.15. The van der Waals surface area contributed by atoms with Crippen molar-refractivity contribution in [1.29, 1.82) is 0 Å². The van der Waals surface area contributed by atoms with Crippen LogP contribution >= 0.6 is 0 Å². The summed E-state index contributed by atoms with van der Waals surface area (Å²) in [6, 6.07) is 22.0. The SMILES string of the molecule is Cc1cccc(C)c1OCC(=O)Oc1ccccc1C(=O)OCCc1ccccc1. The molecular weight excluding hydrogens is 380 g/mol. The Labute approximate surface area is 176 Å². The quantitative estimate of drug-likeness (QED) is 0.403. The van der Waals surface area contributed by atoms with Crippen LogP contribution in [0.2, 0.25) is 0 Å². The van der Waals surface area contributed by atoms with Gasteiger partial charge >= 0.3 is 11.9 Å². The van der Waals surface area contributed by atoms with Crippen LogP contribution in [0.15, 0.2) is 72.8 Å². The lowest BCUT2D eigenvalue weighted by Crippen LogP contribution is -2.20. The minimum absolute atomic E-state index is 0.150. The molecule has 0 radical (unpaired) electrons. The molecule has 5 heteroatoms. The summed E-state index contributed by atoms with van der Waals surface area (Å²) in [5, 5.41) is 0. The van der Waals surface area contributed by atoms with Gasteiger partial charge in [0, 0.05) is 6.42 Å². The van der Waals surface area contributed by atoms with Gasteiger partial charge in [-0.25, -0.2) is 9.59 Å². The molecule has 154 valence electrons. The van der Waals surface area contributed by atoms with E-state index >= 15 is 0 Å². The predicted molar refractivity (Wildman–Crippen MR) is 114 cm³/mol. The highest BCUT2D eigenvalue weighted by atomic mass is 16.6. The Morgan fingerprint density at radius 3 is 2.20 bits per heavy atom. The van der Waals surface area contributed by atoms with Gasteiger partial charge in [-0.2, -0.15) is 0 Å². The van der Waals surface area contributed by atoms with Gasteiger partial charge in [-0.15, -0.1) is 0 Å². The van der Waals surface area contributed by atoms with Gasteiger partial charge in [0.15, 0.2) is 6.61 Å². The van der Waals surface area contributed by atoms with E-state index in [9.17, 15) is 9.59 Å². The third kappa shape index (κ3) is 5.70. The molecule has 0 saturated heterocycles. The zero-order chi connectivity index (χ0) is 21.3. The van der Waals surface area contributed by atoms with Crippen LogP contribution < -0.4 is 9.47 Å². The van der Waals surface area contributed by atoms with E-state index in [1.165, 1.54) is 0 Å². The summed E-state index contributed by atoms with van der Waals surface area (Å²) in [7, 11) is 0. The maximum atomic E-state index is 12.5. The number of hydrogen-bond donors (Lipinski definition) is 0. The van der Waals surface area contributed by atoms with Crippen molar-refractivity contribution >= 4 is 11.9 Å². The standard InChI is InChI=1S/C25H24O5/c1-18-9-8-10-19(2)24(18)29-17-23(26)30-22-14-7-6-13-21(22)25(27)28-16-15-20-11-4-3-5-12-20/h3-14H,15-17H2,1-2H3. The lowest BCUT2D eigenvalue weighted by Gasteiger charge is -2.13. The van der Waals surface area contributed by atoms with Crippen LogP contribution in [0, 0.1) is 13.8 Å². The molecular formula is C25H24O5. The second kappa shape index (κ2) is 10.3. The van der Waals surface area contributed by atoms with Crippen LogP contribution in [0.4, 0.5) is 0 Å². The summed E-state index contributed by atoms with van der Waals surface area (Å²) in [6.45, 7) is 3.80. The molecule has 0 amide bonds. The van der Waals surface area contributed by atoms with Gasteiger partial charge in [0.05, 0.1) is 6.61 Å². The van der Waals surface area contributed by atoms with E-state index < -0.39 is 11.9 Å². The van der Waals surface area contributed by atoms with Crippen molar-refractivity contribution in [2.24, 2.45) is 0 Å². The van der Waals surface area contributed by atoms with Crippen molar-refractivity contribution in [1.82, 2.24) is 0 Å². The first-order chi connectivity index (χ1) is 14.5. The number of rotatable bonds is 8. The zero-order valence-corrected chi connectivity index (χ0v) is 17.1. The molecule has 0 aliphatic carbocycles. The zero-order valence-electron chi connectivity index (χ0n) is 17.1. The predicted octanol–water partition coefficient (Wildman–Crippen LogP) is 4.69. The third-order valence-electron chi connectivity index (χ3n) is 4.54. The number of ether oxygens (including phenoxy) is 3. The summed E-state index contributed by atoms with van der Waals surface area (Å²) < 4.78 is 16.3. The van der Waals surface area contributed by atoms with Crippen molar-refractivity contribution in [3.8, 4) is 11.5 Å².